The lowest BCUT2D eigenvalue weighted by molar-refractivity contribution is 0.0246. The molecule has 9 heteroatoms. The van der Waals surface area contributed by atoms with Crippen LogP contribution in [0.4, 0.5) is 14.9 Å². The van der Waals surface area contributed by atoms with Crippen molar-refractivity contribution in [1.82, 2.24) is 9.21 Å². The Bertz CT molecular complexity index is 774. The molecule has 2 amide bonds. The van der Waals surface area contributed by atoms with Gasteiger partial charge in [0.15, 0.2) is 0 Å². The molecule has 7 nitrogen and oxygen atoms in total. The average molecular weight is 385 g/mol. The number of hydrogen-bond donors (Lipinski definition) is 1. The van der Waals surface area contributed by atoms with Gasteiger partial charge in [0.2, 0.25) is 10.0 Å². The minimum absolute atomic E-state index is 0.0832. The molecule has 0 unspecified atom stereocenters. The summed E-state index contributed by atoms with van der Waals surface area (Å²) in [5, 5.41) is 2.65. The molecule has 0 aromatic heterocycles. The molecule has 0 saturated carbocycles. The second kappa shape index (κ2) is 7.50. The van der Waals surface area contributed by atoms with Crippen molar-refractivity contribution in [3.63, 3.8) is 0 Å². The molecular weight excluding hydrogens is 361 g/mol. The molecule has 0 atom stereocenters. The highest BCUT2D eigenvalue weighted by atomic mass is 32.2. The summed E-state index contributed by atoms with van der Waals surface area (Å²) < 4.78 is 44.9. The zero-order valence-electron chi connectivity index (χ0n) is 14.9. The number of urea groups is 1. The van der Waals surface area contributed by atoms with Crippen molar-refractivity contribution in [2.75, 3.05) is 37.9 Å². The highest BCUT2D eigenvalue weighted by molar-refractivity contribution is 7.88. The summed E-state index contributed by atoms with van der Waals surface area (Å²) in [5.41, 5.74) is 0.887. The van der Waals surface area contributed by atoms with Gasteiger partial charge in [0.1, 0.15) is 5.82 Å². The van der Waals surface area contributed by atoms with Crippen LogP contribution in [0.1, 0.15) is 18.4 Å². The van der Waals surface area contributed by atoms with Gasteiger partial charge in [-0.2, -0.15) is 4.31 Å². The van der Waals surface area contributed by atoms with Crippen molar-refractivity contribution in [3.8, 4) is 0 Å². The zero-order chi connectivity index (χ0) is 18.9. The van der Waals surface area contributed by atoms with Gasteiger partial charge in [-0.1, -0.05) is 6.07 Å². The van der Waals surface area contributed by atoms with Crippen molar-refractivity contribution in [1.29, 1.82) is 0 Å². The van der Waals surface area contributed by atoms with Crippen molar-refractivity contribution >= 4 is 21.7 Å². The largest absolute Gasteiger partial charge is 0.381 e. The van der Waals surface area contributed by atoms with Crippen LogP contribution in [0, 0.1) is 12.7 Å². The molecule has 2 aliphatic rings. The molecule has 0 radical (unpaired) electrons. The minimum Gasteiger partial charge on any atom is -0.381 e. The van der Waals surface area contributed by atoms with E-state index in [0.717, 1.165) is 0 Å². The van der Waals surface area contributed by atoms with Gasteiger partial charge >= 0.3 is 6.03 Å². The first-order valence-corrected chi connectivity index (χ1v) is 10.5. The van der Waals surface area contributed by atoms with E-state index in [1.165, 1.54) is 21.5 Å². The van der Waals surface area contributed by atoms with Crippen LogP contribution in [0.15, 0.2) is 18.2 Å². The number of halogens is 1. The number of benzene rings is 1. The monoisotopic (exact) mass is 385 g/mol. The predicted molar refractivity (Wildman–Crippen MR) is 96.0 cm³/mol. The van der Waals surface area contributed by atoms with Crippen LogP contribution >= 0.6 is 0 Å². The quantitative estimate of drug-likeness (QED) is 0.857. The topological polar surface area (TPSA) is 79.0 Å². The van der Waals surface area contributed by atoms with Crippen molar-refractivity contribution in [2.45, 2.75) is 31.8 Å². The number of likely N-dealkylation sites (tertiary alicyclic amines) is 1. The molecular formula is C17H24FN3O4S. The molecule has 1 N–H and O–H groups in total. The summed E-state index contributed by atoms with van der Waals surface area (Å²) >= 11 is 0. The lowest BCUT2D eigenvalue weighted by Crippen LogP contribution is -2.65. The van der Waals surface area contributed by atoms with E-state index in [-0.39, 0.29) is 23.9 Å². The number of carbonyl (C=O) groups excluding carboxylic acids is 1. The Morgan fingerprint density at radius 1 is 1.27 bits per heavy atom. The molecule has 2 aliphatic heterocycles. The Morgan fingerprint density at radius 2 is 1.92 bits per heavy atom. The molecule has 2 fully saturated rings. The molecule has 2 saturated heterocycles. The number of nitrogens with one attached hydrogen (secondary N) is 1. The summed E-state index contributed by atoms with van der Waals surface area (Å²) in [4.78, 5) is 13.8. The fraction of sp³-hybridized carbons (Fsp3) is 0.588. The lowest BCUT2D eigenvalue weighted by Gasteiger charge is -2.47. The second-order valence-electron chi connectivity index (χ2n) is 6.89. The van der Waals surface area contributed by atoms with Gasteiger partial charge in [0.25, 0.3) is 0 Å². The number of amides is 2. The summed E-state index contributed by atoms with van der Waals surface area (Å²) in [6.45, 7) is 3.39. The third kappa shape index (κ3) is 4.16. The number of ether oxygens (including phenoxy) is 1. The third-order valence-corrected chi connectivity index (χ3v) is 6.23. The van der Waals surface area contributed by atoms with Crippen LogP contribution in [0.5, 0.6) is 0 Å². The van der Waals surface area contributed by atoms with E-state index in [2.05, 4.69) is 5.32 Å². The third-order valence-electron chi connectivity index (χ3n) is 4.87. The minimum atomic E-state index is -3.37. The first-order valence-electron chi connectivity index (χ1n) is 8.64. The maximum absolute atomic E-state index is 13.6. The molecule has 1 aromatic carbocycles. The van der Waals surface area contributed by atoms with Gasteiger partial charge in [0.05, 0.1) is 12.3 Å². The number of carbonyl (C=O) groups is 1. The zero-order valence-corrected chi connectivity index (χ0v) is 15.8. The maximum Gasteiger partial charge on any atom is 0.321 e. The van der Waals surface area contributed by atoms with Gasteiger partial charge in [0, 0.05) is 38.0 Å². The normalized spacial score (nSPS) is 19.5. The summed E-state index contributed by atoms with van der Waals surface area (Å²) in [5.74, 6) is -0.382. The number of rotatable bonds is 4. The van der Waals surface area contributed by atoms with E-state index in [9.17, 15) is 17.6 Å². The van der Waals surface area contributed by atoms with Crippen LogP contribution in [0.3, 0.4) is 0 Å². The van der Waals surface area contributed by atoms with Gasteiger partial charge in [-0.05, 0) is 37.5 Å². The number of nitrogens with zero attached hydrogens (tertiary/aromatic N) is 2. The van der Waals surface area contributed by atoms with Crippen molar-refractivity contribution in [2.24, 2.45) is 0 Å². The first-order chi connectivity index (χ1) is 12.3. The van der Waals surface area contributed by atoms with Crippen molar-refractivity contribution < 1.29 is 22.3 Å². The summed E-state index contributed by atoms with van der Waals surface area (Å²) in [7, 11) is -3.37. The molecule has 0 aliphatic carbocycles. The molecule has 2 heterocycles. The van der Waals surface area contributed by atoms with E-state index < -0.39 is 10.0 Å². The molecule has 1 aromatic rings. The average Bonchev–Trinajstić information content (AvgIpc) is 2.53. The smallest absolute Gasteiger partial charge is 0.321 e. The molecule has 0 spiro atoms. The van der Waals surface area contributed by atoms with Crippen LogP contribution in [-0.2, 0) is 14.8 Å². The SMILES string of the molecule is Cc1ccc(NC(=O)N2CC(N(C3CCOCC3)S(C)(=O)=O)C2)cc1F. The molecule has 3 rings (SSSR count). The Morgan fingerprint density at radius 3 is 2.50 bits per heavy atom. The summed E-state index contributed by atoms with van der Waals surface area (Å²) in [6.07, 6.45) is 2.54. The van der Waals surface area contributed by atoms with Crippen molar-refractivity contribution in [3.05, 3.63) is 29.6 Å². The fourth-order valence-electron chi connectivity index (χ4n) is 3.43. The first kappa shape index (κ1) is 19.1. The number of aryl methyl sites for hydroxylation is 1. The van der Waals surface area contributed by atoms with E-state index >= 15 is 0 Å². The van der Waals surface area contributed by atoms with Crippen LogP contribution in [-0.4, -0.2) is 68.3 Å². The molecule has 26 heavy (non-hydrogen) atoms. The van der Waals surface area contributed by atoms with E-state index in [1.807, 2.05) is 0 Å². The van der Waals surface area contributed by atoms with Gasteiger partial charge < -0.3 is 15.0 Å². The van der Waals surface area contributed by atoms with E-state index in [0.29, 0.717) is 50.4 Å². The Labute approximate surface area is 153 Å². The maximum atomic E-state index is 13.6. The van der Waals surface area contributed by atoms with Crippen LogP contribution in [0.25, 0.3) is 0 Å². The van der Waals surface area contributed by atoms with E-state index in [1.54, 1.807) is 19.1 Å². The number of sulfonamides is 1. The second-order valence-corrected chi connectivity index (χ2v) is 8.78. The standard InChI is InChI=1S/C17H24FN3O4S/c1-12-3-4-13(9-16(12)18)19-17(22)20-10-15(11-20)21(26(2,23)24)14-5-7-25-8-6-14/h3-4,9,14-15H,5-8,10-11H2,1-2H3,(H,19,22). The van der Waals surface area contributed by atoms with Gasteiger partial charge in [-0.25, -0.2) is 17.6 Å². The Hall–Kier alpha value is -1.71. The summed E-state index contributed by atoms with van der Waals surface area (Å²) in [6, 6.07) is 3.84. The van der Waals surface area contributed by atoms with Crippen LogP contribution < -0.4 is 5.32 Å². The number of hydrogen-bond acceptors (Lipinski definition) is 4. The Balaban J connectivity index is 1.60. The molecule has 0 bridgehead atoms. The lowest BCUT2D eigenvalue weighted by atomic mass is 10.0. The molecule has 144 valence electrons. The van der Waals surface area contributed by atoms with Crippen LogP contribution in [0.2, 0.25) is 0 Å². The fourth-order valence-corrected chi connectivity index (χ4v) is 4.86. The number of anilines is 1. The van der Waals surface area contributed by atoms with E-state index in [4.69, 9.17) is 4.74 Å². The highest BCUT2D eigenvalue weighted by Gasteiger charge is 2.42. The van der Waals surface area contributed by atoms with Gasteiger partial charge in [-0.15, -0.1) is 0 Å². The van der Waals surface area contributed by atoms with Gasteiger partial charge in [-0.3, -0.25) is 0 Å². The Kier molecular flexibility index (Phi) is 5.50. The predicted octanol–water partition coefficient (Wildman–Crippen LogP) is 1.79. The highest BCUT2D eigenvalue weighted by Crippen LogP contribution is 2.26.